The molecule has 0 atom stereocenters. The first-order chi connectivity index (χ1) is 7.89. The van der Waals surface area contributed by atoms with E-state index in [0.29, 0.717) is 5.56 Å². The van der Waals surface area contributed by atoms with E-state index in [-0.39, 0.29) is 11.4 Å². The summed E-state index contributed by atoms with van der Waals surface area (Å²) in [6.07, 6.45) is 0.925. The van der Waals surface area contributed by atoms with Gasteiger partial charge >= 0.3 is 0 Å². The van der Waals surface area contributed by atoms with Crippen molar-refractivity contribution >= 4 is 5.84 Å². The van der Waals surface area contributed by atoms with Crippen LogP contribution >= 0.6 is 0 Å². The van der Waals surface area contributed by atoms with Gasteiger partial charge in [0.05, 0.1) is 0 Å². The second kappa shape index (κ2) is 5.08. The molecule has 4 heteroatoms. The van der Waals surface area contributed by atoms with Gasteiger partial charge in [-0.05, 0) is 51.0 Å². The monoisotopic (exact) mass is 236 g/mol. The number of nitrogens with zero attached hydrogens (tertiary/aromatic N) is 1. The maximum absolute atomic E-state index is 8.64. The lowest BCUT2D eigenvalue weighted by Crippen LogP contribution is -2.27. The van der Waals surface area contributed by atoms with E-state index in [2.05, 4.69) is 12.1 Å². The summed E-state index contributed by atoms with van der Waals surface area (Å²) in [5.41, 5.74) is 7.01. The van der Waals surface area contributed by atoms with E-state index in [9.17, 15) is 0 Å². The van der Waals surface area contributed by atoms with Crippen molar-refractivity contribution in [3.05, 3.63) is 29.3 Å². The highest BCUT2D eigenvalue weighted by Crippen LogP contribution is 2.23. The minimum absolute atomic E-state index is 0.115. The fourth-order valence-corrected chi connectivity index (χ4v) is 1.43. The molecule has 0 aliphatic rings. The van der Waals surface area contributed by atoms with Crippen LogP contribution in [0.1, 0.15) is 38.3 Å². The van der Waals surface area contributed by atoms with Crippen molar-refractivity contribution in [1.82, 2.24) is 0 Å². The van der Waals surface area contributed by atoms with Gasteiger partial charge in [-0.25, -0.2) is 0 Å². The molecular formula is C13H20N2O2. The summed E-state index contributed by atoms with van der Waals surface area (Å²) in [4.78, 5) is 0. The lowest BCUT2D eigenvalue weighted by molar-refractivity contribution is 0.105. The lowest BCUT2D eigenvalue weighted by Gasteiger charge is -2.25. The van der Waals surface area contributed by atoms with Crippen LogP contribution in [-0.2, 0) is 0 Å². The quantitative estimate of drug-likeness (QED) is 0.365. The molecule has 4 nitrogen and oxygen atoms in total. The average molecular weight is 236 g/mol. The van der Waals surface area contributed by atoms with Gasteiger partial charge in [-0.1, -0.05) is 12.1 Å². The number of oxime groups is 1. The third kappa shape index (κ3) is 3.37. The lowest BCUT2D eigenvalue weighted by atomic mass is 10.1. The summed E-state index contributed by atoms with van der Waals surface area (Å²) in [5.74, 6) is 0.910. The summed E-state index contributed by atoms with van der Waals surface area (Å²) < 4.78 is 5.86. The van der Waals surface area contributed by atoms with Crippen LogP contribution in [0.25, 0.3) is 0 Å². The average Bonchev–Trinajstić information content (AvgIpc) is 2.28. The molecule has 17 heavy (non-hydrogen) atoms. The normalized spacial score (nSPS) is 12.6. The first-order valence-corrected chi connectivity index (χ1v) is 5.67. The predicted octanol–water partition coefficient (Wildman–Crippen LogP) is 2.66. The molecule has 0 unspecified atom stereocenters. The van der Waals surface area contributed by atoms with Crippen LogP contribution in [0.4, 0.5) is 0 Å². The minimum atomic E-state index is -0.190. The van der Waals surface area contributed by atoms with Crippen LogP contribution in [0, 0.1) is 6.92 Å². The number of aryl methyl sites for hydroxylation is 1. The second-order valence-electron chi connectivity index (χ2n) is 4.68. The third-order valence-electron chi connectivity index (χ3n) is 2.83. The van der Waals surface area contributed by atoms with E-state index in [1.165, 1.54) is 0 Å². The molecule has 0 spiro atoms. The molecule has 0 aromatic heterocycles. The molecule has 94 valence electrons. The Balaban J connectivity index is 2.97. The van der Waals surface area contributed by atoms with E-state index in [4.69, 9.17) is 15.7 Å². The Bertz CT molecular complexity index is 425. The molecule has 3 N–H and O–H groups in total. The SMILES string of the molecule is CCC(C)(C)Oc1ccc(/C(N)=N/O)c(C)c1. The first kappa shape index (κ1) is 13.4. The maximum atomic E-state index is 8.64. The molecule has 0 aliphatic carbocycles. The van der Waals surface area contributed by atoms with E-state index < -0.39 is 0 Å². The Morgan fingerprint density at radius 1 is 1.47 bits per heavy atom. The highest BCUT2D eigenvalue weighted by molar-refractivity contribution is 5.98. The predicted molar refractivity (Wildman–Crippen MR) is 68.7 cm³/mol. The van der Waals surface area contributed by atoms with Crippen LogP contribution in [0.3, 0.4) is 0 Å². The van der Waals surface area contributed by atoms with Gasteiger partial charge in [0.2, 0.25) is 0 Å². The zero-order valence-electron chi connectivity index (χ0n) is 10.8. The van der Waals surface area contributed by atoms with E-state index in [1.807, 2.05) is 32.9 Å². The number of nitrogens with two attached hydrogens (primary N) is 1. The summed E-state index contributed by atoms with van der Waals surface area (Å²) in [7, 11) is 0. The van der Waals surface area contributed by atoms with Crippen molar-refractivity contribution < 1.29 is 9.94 Å². The van der Waals surface area contributed by atoms with Gasteiger partial charge in [0.1, 0.15) is 11.4 Å². The van der Waals surface area contributed by atoms with Gasteiger partial charge in [-0.15, -0.1) is 0 Å². The van der Waals surface area contributed by atoms with Gasteiger partial charge < -0.3 is 15.7 Å². The maximum Gasteiger partial charge on any atom is 0.170 e. The topological polar surface area (TPSA) is 67.8 Å². The van der Waals surface area contributed by atoms with Crippen molar-refractivity contribution in [1.29, 1.82) is 0 Å². The largest absolute Gasteiger partial charge is 0.488 e. The number of hydrogen-bond acceptors (Lipinski definition) is 3. The highest BCUT2D eigenvalue weighted by atomic mass is 16.5. The van der Waals surface area contributed by atoms with Crippen LogP contribution in [0.15, 0.2) is 23.4 Å². The minimum Gasteiger partial charge on any atom is -0.488 e. The molecule has 0 heterocycles. The van der Waals surface area contributed by atoms with Gasteiger partial charge in [0, 0.05) is 5.56 Å². The van der Waals surface area contributed by atoms with Crippen molar-refractivity contribution in [2.24, 2.45) is 10.9 Å². The van der Waals surface area contributed by atoms with Gasteiger partial charge in [0.25, 0.3) is 0 Å². The molecule has 1 aromatic rings. The molecule has 0 amide bonds. The summed E-state index contributed by atoms with van der Waals surface area (Å²) in [5, 5.41) is 11.6. The molecule has 0 saturated heterocycles. The molecule has 0 radical (unpaired) electrons. The number of benzene rings is 1. The van der Waals surface area contributed by atoms with Gasteiger partial charge in [0.15, 0.2) is 5.84 Å². The fraction of sp³-hybridized carbons (Fsp3) is 0.462. The Morgan fingerprint density at radius 2 is 2.12 bits per heavy atom. The zero-order valence-corrected chi connectivity index (χ0v) is 10.8. The molecule has 0 saturated carbocycles. The molecule has 0 bridgehead atoms. The smallest absolute Gasteiger partial charge is 0.170 e. The fourth-order valence-electron chi connectivity index (χ4n) is 1.43. The van der Waals surface area contributed by atoms with E-state index in [0.717, 1.165) is 17.7 Å². The number of amidine groups is 1. The number of ether oxygens (including phenoxy) is 1. The third-order valence-corrected chi connectivity index (χ3v) is 2.83. The highest BCUT2D eigenvalue weighted by Gasteiger charge is 2.17. The standard InChI is InChI=1S/C13H20N2O2/c1-5-13(3,4)17-10-6-7-11(9(2)8-10)12(14)15-16/h6-8,16H,5H2,1-4H3,(H2,14,15). The van der Waals surface area contributed by atoms with Crippen LogP contribution in [0.5, 0.6) is 5.75 Å². The molecule has 1 rings (SSSR count). The Hall–Kier alpha value is -1.71. The van der Waals surface area contributed by atoms with Crippen molar-refractivity contribution in [2.75, 3.05) is 0 Å². The Morgan fingerprint density at radius 3 is 2.59 bits per heavy atom. The van der Waals surface area contributed by atoms with E-state index >= 15 is 0 Å². The summed E-state index contributed by atoms with van der Waals surface area (Å²) in [6.45, 7) is 8.07. The van der Waals surface area contributed by atoms with Crippen molar-refractivity contribution in [2.45, 2.75) is 39.7 Å². The summed E-state index contributed by atoms with van der Waals surface area (Å²) >= 11 is 0. The van der Waals surface area contributed by atoms with Gasteiger partial charge in [-0.3, -0.25) is 0 Å². The molecule has 0 aliphatic heterocycles. The second-order valence-corrected chi connectivity index (χ2v) is 4.68. The van der Waals surface area contributed by atoms with Crippen molar-refractivity contribution in [3.63, 3.8) is 0 Å². The first-order valence-electron chi connectivity index (χ1n) is 5.67. The Labute approximate surface area is 102 Å². The van der Waals surface area contributed by atoms with Crippen LogP contribution < -0.4 is 10.5 Å². The van der Waals surface area contributed by atoms with Crippen molar-refractivity contribution in [3.8, 4) is 5.75 Å². The molecule has 0 fully saturated rings. The van der Waals surface area contributed by atoms with Crippen LogP contribution in [0.2, 0.25) is 0 Å². The number of hydrogen-bond donors (Lipinski definition) is 2. The van der Waals surface area contributed by atoms with Gasteiger partial charge in [-0.2, -0.15) is 0 Å². The Kier molecular flexibility index (Phi) is 3.99. The van der Waals surface area contributed by atoms with E-state index in [1.54, 1.807) is 6.07 Å². The number of rotatable bonds is 4. The van der Waals surface area contributed by atoms with Crippen LogP contribution in [-0.4, -0.2) is 16.6 Å². The molecular weight excluding hydrogens is 216 g/mol. The zero-order chi connectivity index (χ0) is 13.1. The summed E-state index contributed by atoms with van der Waals surface area (Å²) in [6, 6.07) is 5.52. The molecule has 1 aromatic carbocycles.